The first kappa shape index (κ1) is 22.3. The van der Waals surface area contributed by atoms with E-state index in [0.29, 0.717) is 12.4 Å². The van der Waals surface area contributed by atoms with Gasteiger partial charge in [-0.25, -0.2) is 9.97 Å². The zero-order valence-electron chi connectivity index (χ0n) is 17.0. The van der Waals surface area contributed by atoms with Crippen LogP contribution >= 0.6 is 35.3 Å². The van der Waals surface area contributed by atoms with Crippen molar-refractivity contribution in [2.75, 3.05) is 13.6 Å². The van der Waals surface area contributed by atoms with Crippen molar-refractivity contribution in [3.63, 3.8) is 0 Å². The highest BCUT2D eigenvalue weighted by molar-refractivity contribution is 14.0. The number of imidazole rings is 1. The van der Waals surface area contributed by atoms with Crippen LogP contribution in [0.2, 0.25) is 0 Å². The Hall–Kier alpha value is -2.40. The summed E-state index contributed by atoms with van der Waals surface area (Å²) in [6.45, 7) is 4.32. The van der Waals surface area contributed by atoms with Crippen LogP contribution in [0, 0.1) is 6.92 Å². The summed E-state index contributed by atoms with van der Waals surface area (Å²) in [7, 11) is 1.77. The number of nitrogens with zero attached hydrogens (tertiary/aromatic N) is 4. The van der Waals surface area contributed by atoms with Gasteiger partial charge in [0.25, 0.3) is 0 Å². The maximum atomic E-state index is 5.55. The number of aryl methyl sites for hydroxylation is 2. The summed E-state index contributed by atoms with van der Waals surface area (Å²) in [6.07, 6.45) is 2.65. The van der Waals surface area contributed by atoms with Gasteiger partial charge in [0.15, 0.2) is 5.96 Å². The molecule has 0 fully saturated rings. The number of para-hydroxylation sites is 2. The third-order valence-electron chi connectivity index (χ3n) is 4.64. The molecule has 4 rings (SSSR count). The van der Waals surface area contributed by atoms with Crippen molar-refractivity contribution in [3.8, 4) is 10.8 Å². The molecule has 158 valence electrons. The van der Waals surface area contributed by atoms with Crippen LogP contribution < -0.4 is 10.6 Å². The Labute approximate surface area is 196 Å². The molecular weight excluding hydrogens is 511 g/mol. The summed E-state index contributed by atoms with van der Waals surface area (Å²) in [5.74, 6) is 2.45. The van der Waals surface area contributed by atoms with Gasteiger partial charge in [-0.3, -0.25) is 4.99 Å². The average molecular weight is 536 g/mol. The number of hydrogen-bond donors (Lipinski definition) is 2. The molecule has 0 bridgehead atoms. The zero-order chi connectivity index (χ0) is 20.1. The van der Waals surface area contributed by atoms with Gasteiger partial charge < -0.3 is 19.6 Å². The number of oxazole rings is 1. The molecule has 4 aromatic rings. The van der Waals surface area contributed by atoms with Crippen molar-refractivity contribution in [2.24, 2.45) is 4.99 Å². The van der Waals surface area contributed by atoms with Crippen molar-refractivity contribution in [3.05, 3.63) is 59.6 Å². The van der Waals surface area contributed by atoms with E-state index in [1.807, 2.05) is 23.6 Å². The van der Waals surface area contributed by atoms with Crippen LogP contribution in [0.1, 0.15) is 17.9 Å². The summed E-state index contributed by atoms with van der Waals surface area (Å²) in [6, 6.07) is 12.2. The van der Waals surface area contributed by atoms with Crippen LogP contribution in [0.3, 0.4) is 0 Å². The number of thiophene rings is 1. The van der Waals surface area contributed by atoms with Gasteiger partial charge in [0, 0.05) is 20.1 Å². The number of rotatable bonds is 7. The first-order valence-corrected chi connectivity index (χ1v) is 10.5. The molecule has 0 unspecified atom stereocenters. The summed E-state index contributed by atoms with van der Waals surface area (Å²) >= 11 is 1.61. The largest absolute Gasteiger partial charge is 0.443 e. The topological polar surface area (TPSA) is 80.3 Å². The Morgan fingerprint density at radius 2 is 2.03 bits per heavy atom. The molecule has 0 atom stereocenters. The number of halogens is 1. The first-order valence-electron chi connectivity index (χ1n) is 9.59. The number of aliphatic imine (C=N–C) groups is 1. The normalized spacial score (nSPS) is 11.5. The molecule has 9 heteroatoms. The van der Waals surface area contributed by atoms with Crippen molar-refractivity contribution >= 4 is 52.3 Å². The molecule has 7 nitrogen and oxygen atoms in total. The van der Waals surface area contributed by atoms with Gasteiger partial charge in [0.2, 0.25) is 5.89 Å². The molecule has 0 amide bonds. The third-order valence-corrected chi connectivity index (χ3v) is 5.50. The van der Waals surface area contributed by atoms with Gasteiger partial charge >= 0.3 is 0 Å². The SMILES string of the molecule is CN=C(NCCCn1c(C)nc2ccccc21)NCc1coc(-c2cccs2)n1.I. The van der Waals surface area contributed by atoms with Gasteiger partial charge in [-0.15, -0.1) is 35.3 Å². The second-order valence-electron chi connectivity index (χ2n) is 6.63. The van der Waals surface area contributed by atoms with Gasteiger partial charge in [0.05, 0.1) is 28.1 Å². The number of benzene rings is 1. The number of fused-ring (bicyclic) bond motifs is 1. The Morgan fingerprint density at radius 1 is 1.17 bits per heavy atom. The molecule has 3 heterocycles. The lowest BCUT2D eigenvalue weighted by Crippen LogP contribution is -2.37. The minimum Gasteiger partial charge on any atom is -0.443 e. The van der Waals surface area contributed by atoms with E-state index in [4.69, 9.17) is 4.42 Å². The quantitative estimate of drug-likeness (QED) is 0.158. The van der Waals surface area contributed by atoms with Crippen LogP contribution in [0.25, 0.3) is 21.8 Å². The van der Waals surface area contributed by atoms with Crippen molar-refractivity contribution in [1.82, 2.24) is 25.2 Å². The molecule has 0 spiro atoms. The van der Waals surface area contributed by atoms with Crippen LogP contribution in [-0.2, 0) is 13.1 Å². The minimum absolute atomic E-state index is 0. The molecule has 30 heavy (non-hydrogen) atoms. The number of guanidine groups is 1. The maximum Gasteiger partial charge on any atom is 0.236 e. The van der Waals surface area contributed by atoms with Crippen LogP contribution in [0.5, 0.6) is 0 Å². The molecule has 0 saturated heterocycles. The van der Waals surface area contributed by atoms with Crippen molar-refractivity contribution in [1.29, 1.82) is 0 Å². The monoisotopic (exact) mass is 536 g/mol. The standard InChI is InChI=1S/C21H24N6OS.HI/c1-15-25-17-7-3-4-8-18(17)27(15)11-6-10-23-21(22-2)24-13-16-14-28-20(26-16)19-9-5-12-29-19;/h3-5,7-9,12,14H,6,10-11,13H2,1-2H3,(H2,22,23,24);1H. The second kappa shape index (κ2) is 10.6. The van der Waals surface area contributed by atoms with E-state index in [9.17, 15) is 0 Å². The smallest absolute Gasteiger partial charge is 0.236 e. The van der Waals surface area contributed by atoms with E-state index in [2.05, 4.69) is 55.3 Å². The summed E-state index contributed by atoms with van der Waals surface area (Å²) in [5, 5.41) is 8.64. The fourth-order valence-electron chi connectivity index (χ4n) is 3.22. The number of hydrogen-bond acceptors (Lipinski definition) is 5. The molecule has 0 aliphatic heterocycles. The van der Waals surface area contributed by atoms with Gasteiger partial charge in [-0.1, -0.05) is 18.2 Å². The molecule has 0 aliphatic rings. The number of aromatic nitrogens is 3. The Balaban J connectivity index is 0.00000256. The molecule has 2 N–H and O–H groups in total. The van der Waals surface area contributed by atoms with Crippen LogP contribution in [-0.4, -0.2) is 34.1 Å². The first-order chi connectivity index (χ1) is 14.2. The molecule has 0 radical (unpaired) electrons. The predicted molar refractivity (Wildman–Crippen MR) is 133 cm³/mol. The van der Waals surface area contributed by atoms with Gasteiger partial charge in [-0.05, 0) is 36.9 Å². The highest BCUT2D eigenvalue weighted by atomic mass is 127. The van der Waals surface area contributed by atoms with E-state index in [0.717, 1.165) is 47.4 Å². The van der Waals surface area contributed by atoms with E-state index in [1.54, 1.807) is 24.6 Å². The van der Waals surface area contributed by atoms with Gasteiger partial charge in [0.1, 0.15) is 12.1 Å². The fraction of sp³-hybridized carbons (Fsp3) is 0.286. The lowest BCUT2D eigenvalue weighted by molar-refractivity contribution is 0.573. The van der Waals surface area contributed by atoms with E-state index in [1.165, 1.54) is 5.52 Å². The van der Waals surface area contributed by atoms with E-state index in [-0.39, 0.29) is 24.0 Å². The summed E-state index contributed by atoms with van der Waals surface area (Å²) in [4.78, 5) is 14.4. The van der Waals surface area contributed by atoms with Crippen molar-refractivity contribution < 1.29 is 4.42 Å². The van der Waals surface area contributed by atoms with E-state index >= 15 is 0 Å². The molecule has 3 aromatic heterocycles. The fourth-order valence-corrected chi connectivity index (χ4v) is 3.87. The van der Waals surface area contributed by atoms with E-state index < -0.39 is 0 Å². The third kappa shape index (κ3) is 5.20. The highest BCUT2D eigenvalue weighted by Crippen LogP contribution is 2.23. The van der Waals surface area contributed by atoms with Gasteiger partial charge in [-0.2, -0.15) is 0 Å². The summed E-state index contributed by atoms with van der Waals surface area (Å²) < 4.78 is 7.81. The molecule has 1 aromatic carbocycles. The highest BCUT2D eigenvalue weighted by Gasteiger charge is 2.09. The Morgan fingerprint density at radius 3 is 2.83 bits per heavy atom. The number of nitrogens with one attached hydrogen (secondary N) is 2. The van der Waals surface area contributed by atoms with Crippen LogP contribution in [0.15, 0.2) is 57.5 Å². The molecule has 0 saturated carbocycles. The lowest BCUT2D eigenvalue weighted by atomic mass is 10.3. The lowest BCUT2D eigenvalue weighted by Gasteiger charge is -2.12. The van der Waals surface area contributed by atoms with Crippen molar-refractivity contribution in [2.45, 2.75) is 26.4 Å². The van der Waals surface area contributed by atoms with Crippen LogP contribution in [0.4, 0.5) is 0 Å². The minimum atomic E-state index is 0. The second-order valence-corrected chi connectivity index (χ2v) is 7.57. The maximum absolute atomic E-state index is 5.55. The summed E-state index contributed by atoms with van der Waals surface area (Å²) in [5.41, 5.74) is 3.07. The Kier molecular flexibility index (Phi) is 7.86. The zero-order valence-corrected chi connectivity index (χ0v) is 20.1. The molecular formula is C21H25IN6OS. The Bertz CT molecular complexity index is 1100. The molecule has 0 aliphatic carbocycles. The average Bonchev–Trinajstić information content (AvgIpc) is 3.47. The predicted octanol–water partition coefficient (Wildman–Crippen LogP) is 4.43.